The monoisotopic (exact) mass is 247 g/mol. The molecule has 88 valence electrons. The number of pyridine rings is 1. The molecule has 0 saturated heterocycles. The molecule has 0 aliphatic rings. The van der Waals surface area contributed by atoms with Crippen LogP contribution in [-0.4, -0.2) is 11.1 Å². The molecule has 1 heterocycles. The molecule has 0 spiro atoms. The zero-order valence-electron chi connectivity index (χ0n) is 9.85. The molecule has 1 aromatic heterocycles. The van der Waals surface area contributed by atoms with Gasteiger partial charge in [-0.1, -0.05) is 23.7 Å². The number of ether oxygens (including phenoxy) is 1. The highest BCUT2D eigenvalue weighted by molar-refractivity contribution is 6.33. The average molecular weight is 248 g/mol. The minimum atomic E-state index is 0.157. The van der Waals surface area contributed by atoms with E-state index in [0.717, 1.165) is 17.0 Å². The van der Waals surface area contributed by atoms with Gasteiger partial charge in [-0.3, -0.25) is 4.98 Å². The van der Waals surface area contributed by atoms with E-state index in [4.69, 9.17) is 16.3 Å². The van der Waals surface area contributed by atoms with Crippen molar-refractivity contribution in [2.75, 3.05) is 0 Å². The van der Waals surface area contributed by atoms with Gasteiger partial charge in [-0.25, -0.2) is 0 Å². The fraction of sp³-hybridized carbons (Fsp3) is 0.214. The molecule has 0 radical (unpaired) electrons. The van der Waals surface area contributed by atoms with Crippen molar-refractivity contribution in [3.63, 3.8) is 0 Å². The van der Waals surface area contributed by atoms with Gasteiger partial charge in [0.15, 0.2) is 0 Å². The van der Waals surface area contributed by atoms with Gasteiger partial charge in [0.1, 0.15) is 5.75 Å². The maximum atomic E-state index is 6.11. The van der Waals surface area contributed by atoms with Crippen LogP contribution >= 0.6 is 11.6 Å². The molecule has 0 aliphatic carbocycles. The fourth-order valence-corrected chi connectivity index (χ4v) is 1.82. The quantitative estimate of drug-likeness (QED) is 0.811. The summed E-state index contributed by atoms with van der Waals surface area (Å²) in [4.78, 5) is 4.28. The van der Waals surface area contributed by atoms with Gasteiger partial charge in [0.05, 0.1) is 16.8 Å². The lowest BCUT2D eigenvalue weighted by molar-refractivity contribution is 0.242. The van der Waals surface area contributed by atoms with E-state index in [1.807, 2.05) is 50.2 Å². The van der Waals surface area contributed by atoms with Crippen molar-refractivity contribution in [3.05, 3.63) is 47.6 Å². The lowest BCUT2D eigenvalue weighted by Crippen LogP contribution is -2.05. The zero-order chi connectivity index (χ0) is 12.3. The third-order valence-electron chi connectivity index (χ3n) is 2.24. The molecule has 0 bridgehead atoms. The van der Waals surface area contributed by atoms with Crippen molar-refractivity contribution < 1.29 is 4.74 Å². The molecule has 0 fully saturated rings. The van der Waals surface area contributed by atoms with Crippen LogP contribution < -0.4 is 4.74 Å². The minimum Gasteiger partial charge on any atom is -0.491 e. The van der Waals surface area contributed by atoms with E-state index in [-0.39, 0.29) is 6.10 Å². The van der Waals surface area contributed by atoms with Crippen molar-refractivity contribution in [3.8, 4) is 17.0 Å². The van der Waals surface area contributed by atoms with Gasteiger partial charge in [-0.05, 0) is 38.1 Å². The summed E-state index contributed by atoms with van der Waals surface area (Å²) in [5.41, 5.74) is 1.75. The van der Waals surface area contributed by atoms with E-state index >= 15 is 0 Å². The molecule has 0 N–H and O–H groups in total. The van der Waals surface area contributed by atoms with Gasteiger partial charge in [0.25, 0.3) is 0 Å². The largest absolute Gasteiger partial charge is 0.491 e. The Kier molecular flexibility index (Phi) is 3.64. The van der Waals surface area contributed by atoms with Crippen molar-refractivity contribution in [2.24, 2.45) is 0 Å². The van der Waals surface area contributed by atoms with Gasteiger partial charge in [-0.2, -0.15) is 0 Å². The molecular weight excluding hydrogens is 234 g/mol. The van der Waals surface area contributed by atoms with Crippen LogP contribution in [0.5, 0.6) is 5.75 Å². The van der Waals surface area contributed by atoms with Crippen molar-refractivity contribution in [2.45, 2.75) is 20.0 Å². The number of hydrogen-bond donors (Lipinski definition) is 0. The number of nitrogens with zero attached hydrogens (tertiary/aromatic N) is 1. The first-order valence-electron chi connectivity index (χ1n) is 5.54. The highest BCUT2D eigenvalue weighted by atomic mass is 35.5. The van der Waals surface area contributed by atoms with Crippen LogP contribution in [0.15, 0.2) is 42.6 Å². The van der Waals surface area contributed by atoms with Crippen LogP contribution in [0, 0.1) is 0 Å². The third kappa shape index (κ3) is 2.98. The Labute approximate surface area is 106 Å². The summed E-state index contributed by atoms with van der Waals surface area (Å²) in [5.74, 6) is 0.833. The first kappa shape index (κ1) is 11.9. The molecule has 0 aliphatic heterocycles. The normalized spacial score (nSPS) is 10.6. The molecule has 0 amide bonds. The van der Waals surface area contributed by atoms with Crippen LogP contribution in [-0.2, 0) is 0 Å². The second-order valence-corrected chi connectivity index (χ2v) is 4.44. The molecule has 3 heteroatoms. The van der Waals surface area contributed by atoms with Crippen molar-refractivity contribution >= 4 is 11.6 Å². The van der Waals surface area contributed by atoms with E-state index in [2.05, 4.69) is 4.98 Å². The minimum absolute atomic E-state index is 0.157. The molecule has 0 atom stereocenters. The van der Waals surface area contributed by atoms with Gasteiger partial charge in [0.2, 0.25) is 0 Å². The van der Waals surface area contributed by atoms with E-state index in [1.165, 1.54) is 0 Å². The molecule has 1 aromatic carbocycles. The predicted molar refractivity (Wildman–Crippen MR) is 70.4 cm³/mol. The van der Waals surface area contributed by atoms with Gasteiger partial charge in [0, 0.05) is 11.8 Å². The summed E-state index contributed by atoms with van der Waals surface area (Å²) in [6, 6.07) is 11.5. The van der Waals surface area contributed by atoms with Crippen LogP contribution in [0.3, 0.4) is 0 Å². The van der Waals surface area contributed by atoms with Crippen LogP contribution in [0.2, 0.25) is 5.02 Å². The van der Waals surface area contributed by atoms with E-state index < -0.39 is 0 Å². The summed E-state index contributed by atoms with van der Waals surface area (Å²) in [5, 5.41) is 0.647. The Morgan fingerprint density at radius 1 is 1.18 bits per heavy atom. The Morgan fingerprint density at radius 3 is 2.71 bits per heavy atom. The standard InChI is InChI=1S/C14H14ClNO/c1-10(2)17-12-6-3-5-11(9-12)14-13(15)7-4-8-16-14/h3-10H,1-2H3. The third-order valence-corrected chi connectivity index (χ3v) is 2.54. The molecule has 0 unspecified atom stereocenters. The summed E-state index contributed by atoms with van der Waals surface area (Å²) in [7, 11) is 0. The predicted octanol–water partition coefficient (Wildman–Crippen LogP) is 4.19. The molecule has 0 saturated carbocycles. The average Bonchev–Trinajstić information content (AvgIpc) is 2.29. The van der Waals surface area contributed by atoms with Crippen LogP contribution in [0.25, 0.3) is 11.3 Å². The maximum absolute atomic E-state index is 6.11. The number of benzene rings is 1. The lowest BCUT2D eigenvalue weighted by atomic mass is 10.1. The zero-order valence-corrected chi connectivity index (χ0v) is 10.6. The Balaban J connectivity index is 2.37. The lowest BCUT2D eigenvalue weighted by Gasteiger charge is -2.11. The van der Waals surface area contributed by atoms with Crippen molar-refractivity contribution in [1.82, 2.24) is 4.98 Å². The van der Waals surface area contributed by atoms with E-state index in [0.29, 0.717) is 5.02 Å². The number of rotatable bonds is 3. The first-order chi connectivity index (χ1) is 8.16. The topological polar surface area (TPSA) is 22.1 Å². The molecule has 2 rings (SSSR count). The van der Waals surface area contributed by atoms with Gasteiger partial charge >= 0.3 is 0 Å². The first-order valence-corrected chi connectivity index (χ1v) is 5.92. The van der Waals surface area contributed by atoms with Gasteiger partial charge in [-0.15, -0.1) is 0 Å². The molecule has 17 heavy (non-hydrogen) atoms. The fourth-order valence-electron chi connectivity index (χ4n) is 1.59. The Hall–Kier alpha value is -1.54. The summed E-state index contributed by atoms with van der Waals surface area (Å²) in [6.45, 7) is 4.00. The Bertz CT molecular complexity index is 511. The summed E-state index contributed by atoms with van der Waals surface area (Å²) in [6.07, 6.45) is 1.89. The highest BCUT2D eigenvalue weighted by Crippen LogP contribution is 2.28. The van der Waals surface area contributed by atoms with Crippen LogP contribution in [0.4, 0.5) is 0 Å². The highest BCUT2D eigenvalue weighted by Gasteiger charge is 2.06. The van der Waals surface area contributed by atoms with Crippen LogP contribution in [0.1, 0.15) is 13.8 Å². The Morgan fingerprint density at radius 2 is 2.00 bits per heavy atom. The molecular formula is C14H14ClNO. The SMILES string of the molecule is CC(C)Oc1cccc(-c2ncccc2Cl)c1. The number of halogens is 1. The van der Waals surface area contributed by atoms with Gasteiger partial charge < -0.3 is 4.74 Å². The molecule has 2 aromatic rings. The number of hydrogen-bond acceptors (Lipinski definition) is 2. The number of aromatic nitrogens is 1. The second-order valence-electron chi connectivity index (χ2n) is 4.03. The molecule has 2 nitrogen and oxygen atoms in total. The van der Waals surface area contributed by atoms with Crippen molar-refractivity contribution in [1.29, 1.82) is 0 Å². The second kappa shape index (κ2) is 5.19. The summed E-state index contributed by atoms with van der Waals surface area (Å²) >= 11 is 6.11. The van der Waals surface area contributed by atoms with E-state index in [9.17, 15) is 0 Å². The maximum Gasteiger partial charge on any atom is 0.120 e. The summed E-state index contributed by atoms with van der Waals surface area (Å²) < 4.78 is 5.65. The van der Waals surface area contributed by atoms with E-state index in [1.54, 1.807) is 6.20 Å². The smallest absolute Gasteiger partial charge is 0.120 e.